The third-order valence-electron chi connectivity index (χ3n) is 3.54. The first-order valence-corrected chi connectivity index (χ1v) is 6.49. The number of hydrogen-bond donors (Lipinski definition) is 0. The van der Waals surface area contributed by atoms with Gasteiger partial charge in [0.2, 0.25) is 5.88 Å². The predicted octanol–water partition coefficient (Wildman–Crippen LogP) is 3.79. The van der Waals surface area contributed by atoms with Crippen LogP contribution in [0.3, 0.4) is 0 Å². The van der Waals surface area contributed by atoms with Gasteiger partial charge in [0, 0.05) is 5.56 Å². The molecule has 0 unspecified atom stereocenters. The molecule has 4 heteroatoms. The molecule has 0 aliphatic heterocycles. The molecule has 0 atom stereocenters. The van der Waals surface area contributed by atoms with Gasteiger partial charge in [0.1, 0.15) is 17.6 Å². The van der Waals surface area contributed by atoms with Gasteiger partial charge in [-0.2, -0.15) is 0 Å². The van der Waals surface area contributed by atoms with Crippen molar-refractivity contribution < 1.29 is 4.74 Å². The standard InChI is InChI=1S/C13H19ClN2O/c1-9-11(14)15-8-16-12(9)17-10-4-6-13(2,3)7-5-10/h8,10H,4-7H2,1-3H3. The Bertz CT molecular complexity index is 396. The van der Waals surface area contributed by atoms with E-state index in [1.807, 2.05) is 6.92 Å². The lowest BCUT2D eigenvalue weighted by atomic mass is 9.76. The highest BCUT2D eigenvalue weighted by Crippen LogP contribution is 2.36. The molecule has 3 nitrogen and oxygen atoms in total. The minimum Gasteiger partial charge on any atom is -0.474 e. The summed E-state index contributed by atoms with van der Waals surface area (Å²) in [5, 5.41) is 0.478. The molecule has 1 saturated carbocycles. The van der Waals surface area contributed by atoms with Crippen LogP contribution in [0.15, 0.2) is 6.33 Å². The van der Waals surface area contributed by atoms with E-state index in [1.165, 1.54) is 19.2 Å². The van der Waals surface area contributed by atoms with Crippen LogP contribution in [0.5, 0.6) is 5.88 Å². The highest BCUT2D eigenvalue weighted by molar-refractivity contribution is 6.30. The summed E-state index contributed by atoms with van der Waals surface area (Å²) in [6.07, 6.45) is 6.32. The topological polar surface area (TPSA) is 35.0 Å². The largest absolute Gasteiger partial charge is 0.474 e. The lowest BCUT2D eigenvalue weighted by molar-refractivity contribution is 0.0941. The van der Waals surface area contributed by atoms with Crippen LogP contribution in [-0.2, 0) is 0 Å². The van der Waals surface area contributed by atoms with Crippen LogP contribution in [-0.4, -0.2) is 16.1 Å². The fourth-order valence-corrected chi connectivity index (χ4v) is 2.31. The lowest BCUT2D eigenvalue weighted by Gasteiger charge is -2.34. The molecule has 17 heavy (non-hydrogen) atoms. The minimum atomic E-state index is 0.271. The number of nitrogens with zero attached hydrogens (tertiary/aromatic N) is 2. The summed E-state index contributed by atoms with van der Waals surface area (Å²) in [7, 11) is 0. The Morgan fingerprint density at radius 3 is 2.59 bits per heavy atom. The van der Waals surface area contributed by atoms with Crippen molar-refractivity contribution in [2.45, 2.75) is 52.6 Å². The Balaban J connectivity index is 2.00. The van der Waals surface area contributed by atoms with Gasteiger partial charge in [0.05, 0.1) is 0 Å². The summed E-state index contributed by atoms with van der Waals surface area (Å²) in [6, 6.07) is 0. The number of rotatable bonds is 2. The van der Waals surface area contributed by atoms with E-state index in [4.69, 9.17) is 16.3 Å². The number of halogens is 1. The molecule has 1 fully saturated rings. The Labute approximate surface area is 108 Å². The monoisotopic (exact) mass is 254 g/mol. The summed E-state index contributed by atoms with van der Waals surface area (Å²) < 4.78 is 5.92. The zero-order chi connectivity index (χ0) is 12.5. The average Bonchev–Trinajstić information content (AvgIpc) is 2.27. The second-order valence-corrected chi connectivity index (χ2v) is 5.93. The van der Waals surface area contributed by atoms with Crippen molar-refractivity contribution in [2.75, 3.05) is 0 Å². The van der Waals surface area contributed by atoms with Gasteiger partial charge in [-0.15, -0.1) is 0 Å². The van der Waals surface area contributed by atoms with Crippen LogP contribution in [0.4, 0.5) is 0 Å². The molecule has 0 spiro atoms. The Hall–Kier alpha value is -0.830. The predicted molar refractivity (Wildman–Crippen MR) is 68.4 cm³/mol. The molecule has 0 N–H and O–H groups in total. The van der Waals surface area contributed by atoms with Crippen molar-refractivity contribution in [1.29, 1.82) is 0 Å². The average molecular weight is 255 g/mol. The van der Waals surface area contributed by atoms with Gasteiger partial charge in [-0.1, -0.05) is 25.4 Å². The van der Waals surface area contributed by atoms with Gasteiger partial charge < -0.3 is 4.74 Å². The molecule has 0 radical (unpaired) electrons. The summed E-state index contributed by atoms with van der Waals surface area (Å²) >= 11 is 5.95. The van der Waals surface area contributed by atoms with Crippen molar-refractivity contribution in [3.05, 3.63) is 17.0 Å². The van der Waals surface area contributed by atoms with Crippen LogP contribution in [0.1, 0.15) is 45.1 Å². The summed E-state index contributed by atoms with van der Waals surface area (Å²) in [4.78, 5) is 8.08. The van der Waals surface area contributed by atoms with Gasteiger partial charge in [-0.05, 0) is 38.0 Å². The molecule has 1 aliphatic rings. The number of aromatic nitrogens is 2. The van der Waals surface area contributed by atoms with E-state index in [0.29, 0.717) is 16.4 Å². The molecule has 0 bridgehead atoms. The molecular weight excluding hydrogens is 236 g/mol. The number of ether oxygens (including phenoxy) is 1. The highest BCUT2D eigenvalue weighted by atomic mass is 35.5. The molecule has 1 aromatic rings. The fourth-order valence-electron chi connectivity index (χ4n) is 2.18. The van der Waals surface area contributed by atoms with Crippen LogP contribution < -0.4 is 4.74 Å². The number of hydrogen-bond acceptors (Lipinski definition) is 3. The van der Waals surface area contributed by atoms with Crippen molar-refractivity contribution in [1.82, 2.24) is 9.97 Å². The van der Waals surface area contributed by atoms with Crippen LogP contribution >= 0.6 is 11.6 Å². The smallest absolute Gasteiger partial charge is 0.221 e. The van der Waals surface area contributed by atoms with E-state index in [1.54, 1.807) is 0 Å². The minimum absolute atomic E-state index is 0.271. The van der Waals surface area contributed by atoms with Crippen LogP contribution in [0.25, 0.3) is 0 Å². The Morgan fingerprint density at radius 1 is 1.29 bits per heavy atom. The van der Waals surface area contributed by atoms with E-state index in [2.05, 4.69) is 23.8 Å². The fraction of sp³-hybridized carbons (Fsp3) is 0.692. The molecule has 2 rings (SSSR count). The molecule has 94 valence electrons. The molecule has 0 saturated heterocycles. The molecule has 1 aromatic heterocycles. The Morgan fingerprint density at radius 2 is 1.94 bits per heavy atom. The van der Waals surface area contributed by atoms with Gasteiger partial charge >= 0.3 is 0 Å². The summed E-state index contributed by atoms with van der Waals surface area (Å²) in [6.45, 7) is 6.52. The molecule has 0 aromatic carbocycles. The second-order valence-electron chi connectivity index (χ2n) is 5.58. The molecule has 1 aliphatic carbocycles. The van der Waals surface area contributed by atoms with E-state index >= 15 is 0 Å². The highest BCUT2D eigenvalue weighted by Gasteiger charge is 2.28. The molecule has 0 amide bonds. The van der Waals surface area contributed by atoms with E-state index in [9.17, 15) is 0 Å². The Kier molecular flexibility index (Phi) is 3.57. The van der Waals surface area contributed by atoms with Crippen LogP contribution in [0, 0.1) is 12.3 Å². The third kappa shape index (κ3) is 3.09. The third-order valence-corrected chi connectivity index (χ3v) is 3.92. The van der Waals surface area contributed by atoms with Gasteiger partial charge in [0.15, 0.2) is 0 Å². The normalized spacial score (nSPS) is 20.2. The van der Waals surface area contributed by atoms with Gasteiger partial charge in [0.25, 0.3) is 0 Å². The van der Waals surface area contributed by atoms with E-state index in [-0.39, 0.29) is 6.10 Å². The summed E-state index contributed by atoms with van der Waals surface area (Å²) in [5.41, 5.74) is 1.29. The summed E-state index contributed by atoms with van der Waals surface area (Å²) in [5.74, 6) is 0.634. The van der Waals surface area contributed by atoms with Crippen molar-refractivity contribution in [2.24, 2.45) is 5.41 Å². The first kappa shape index (κ1) is 12.6. The second kappa shape index (κ2) is 4.81. The maximum Gasteiger partial charge on any atom is 0.221 e. The van der Waals surface area contributed by atoms with Gasteiger partial charge in [-0.25, -0.2) is 9.97 Å². The van der Waals surface area contributed by atoms with Crippen LogP contribution in [0.2, 0.25) is 5.15 Å². The zero-order valence-electron chi connectivity index (χ0n) is 10.7. The maximum atomic E-state index is 5.95. The molecule has 1 heterocycles. The molecular formula is C13H19ClN2O. The first-order chi connectivity index (χ1) is 7.98. The van der Waals surface area contributed by atoms with Gasteiger partial charge in [-0.3, -0.25) is 0 Å². The van der Waals surface area contributed by atoms with Crippen molar-refractivity contribution >= 4 is 11.6 Å². The maximum absolute atomic E-state index is 5.95. The first-order valence-electron chi connectivity index (χ1n) is 6.12. The van der Waals surface area contributed by atoms with Crippen molar-refractivity contribution in [3.63, 3.8) is 0 Å². The van der Waals surface area contributed by atoms with E-state index in [0.717, 1.165) is 18.4 Å². The van der Waals surface area contributed by atoms with E-state index < -0.39 is 0 Å². The SMILES string of the molecule is Cc1c(Cl)ncnc1OC1CCC(C)(C)CC1. The van der Waals surface area contributed by atoms with Crippen molar-refractivity contribution in [3.8, 4) is 5.88 Å². The zero-order valence-corrected chi connectivity index (χ0v) is 11.4. The quantitative estimate of drug-likeness (QED) is 0.754. The lowest BCUT2D eigenvalue weighted by Crippen LogP contribution is -2.28.